The second-order valence-corrected chi connectivity index (χ2v) is 6.46. The van der Waals surface area contributed by atoms with Crippen LogP contribution in [-0.2, 0) is 20.8 Å². The third-order valence-corrected chi connectivity index (χ3v) is 4.67. The van der Waals surface area contributed by atoms with Crippen molar-refractivity contribution >= 4 is 41.9 Å². The predicted octanol–water partition coefficient (Wildman–Crippen LogP) is 2.45. The highest BCUT2D eigenvalue weighted by Crippen LogP contribution is 2.22. The van der Waals surface area contributed by atoms with Crippen molar-refractivity contribution in [2.24, 2.45) is 10.9 Å². The molecule has 0 amide bonds. The van der Waals surface area contributed by atoms with Crippen LogP contribution in [-0.4, -0.2) is 63.8 Å². The SMILES string of the molecule is CCOC(=O)[C@@H]1CCCN(C(=NC)NCc2ccc(C(=O)OC)c(OC)c2)C1.I. The summed E-state index contributed by atoms with van der Waals surface area (Å²) in [4.78, 5) is 30.2. The van der Waals surface area contributed by atoms with Crippen molar-refractivity contribution in [3.05, 3.63) is 29.3 Å². The molecule has 1 atom stereocenters. The van der Waals surface area contributed by atoms with E-state index in [1.807, 2.05) is 13.0 Å². The van der Waals surface area contributed by atoms with E-state index in [-0.39, 0.29) is 35.9 Å². The number of hydrogen-bond donors (Lipinski definition) is 1. The van der Waals surface area contributed by atoms with Gasteiger partial charge in [0.15, 0.2) is 5.96 Å². The van der Waals surface area contributed by atoms with E-state index in [4.69, 9.17) is 14.2 Å². The van der Waals surface area contributed by atoms with Crippen LogP contribution in [0, 0.1) is 5.92 Å². The number of likely N-dealkylation sites (tertiary alicyclic amines) is 1. The van der Waals surface area contributed by atoms with Gasteiger partial charge >= 0.3 is 11.9 Å². The van der Waals surface area contributed by atoms with Gasteiger partial charge in [0, 0.05) is 26.7 Å². The average Bonchev–Trinajstić information content (AvgIpc) is 2.73. The van der Waals surface area contributed by atoms with Crippen molar-refractivity contribution < 1.29 is 23.8 Å². The summed E-state index contributed by atoms with van der Waals surface area (Å²) >= 11 is 0. The molecule has 1 fully saturated rings. The number of carbonyl (C=O) groups is 2. The summed E-state index contributed by atoms with van der Waals surface area (Å²) in [5, 5.41) is 3.31. The third kappa shape index (κ3) is 6.76. The number of methoxy groups -OCH3 is 2. The zero-order chi connectivity index (χ0) is 20.5. The maximum absolute atomic E-state index is 12.1. The minimum Gasteiger partial charge on any atom is -0.496 e. The first-order chi connectivity index (χ1) is 13.5. The Balaban J connectivity index is 0.00000420. The predicted molar refractivity (Wildman–Crippen MR) is 121 cm³/mol. The zero-order valence-corrected chi connectivity index (χ0v) is 19.7. The molecule has 0 radical (unpaired) electrons. The van der Waals surface area contributed by atoms with E-state index >= 15 is 0 Å². The van der Waals surface area contributed by atoms with Crippen LogP contribution in [0.15, 0.2) is 23.2 Å². The summed E-state index contributed by atoms with van der Waals surface area (Å²) < 4.78 is 15.2. The van der Waals surface area contributed by atoms with E-state index in [1.165, 1.54) is 14.2 Å². The number of halogens is 1. The quantitative estimate of drug-likeness (QED) is 0.267. The molecule has 1 aliphatic heterocycles. The Kier molecular flexibility index (Phi) is 10.8. The van der Waals surface area contributed by atoms with Crippen molar-refractivity contribution in [1.82, 2.24) is 10.2 Å². The molecule has 1 heterocycles. The van der Waals surface area contributed by atoms with Crippen molar-refractivity contribution in [2.75, 3.05) is 41.0 Å². The number of nitrogens with one attached hydrogen (secondary N) is 1. The minimum atomic E-state index is -0.439. The smallest absolute Gasteiger partial charge is 0.341 e. The maximum atomic E-state index is 12.1. The lowest BCUT2D eigenvalue weighted by atomic mass is 9.98. The molecule has 0 unspecified atom stereocenters. The molecule has 0 saturated carbocycles. The van der Waals surface area contributed by atoms with Gasteiger partial charge in [-0.1, -0.05) is 6.07 Å². The van der Waals surface area contributed by atoms with Crippen molar-refractivity contribution in [1.29, 1.82) is 0 Å². The van der Waals surface area contributed by atoms with E-state index in [1.54, 1.807) is 19.2 Å². The molecular formula is C20H30IN3O5. The van der Waals surface area contributed by atoms with Crippen LogP contribution in [0.3, 0.4) is 0 Å². The standard InChI is InChI=1S/C20H29N3O5.HI/c1-5-28-18(24)15-7-6-10-23(13-15)20(21-2)22-12-14-8-9-16(19(25)27-4)17(11-14)26-3;/h8-9,11,15H,5-7,10,12-13H2,1-4H3,(H,21,22);1H/t15-;/m1./s1. The summed E-state index contributed by atoms with van der Waals surface area (Å²) in [6, 6.07) is 5.32. The van der Waals surface area contributed by atoms with Gasteiger partial charge in [-0.3, -0.25) is 9.79 Å². The van der Waals surface area contributed by atoms with Gasteiger partial charge in [0.2, 0.25) is 0 Å². The molecule has 29 heavy (non-hydrogen) atoms. The Morgan fingerprint density at radius 3 is 2.69 bits per heavy atom. The van der Waals surface area contributed by atoms with Gasteiger partial charge in [0.25, 0.3) is 0 Å². The van der Waals surface area contributed by atoms with Crippen molar-refractivity contribution in [3.63, 3.8) is 0 Å². The van der Waals surface area contributed by atoms with Crippen LogP contribution in [0.25, 0.3) is 0 Å². The number of ether oxygens (including phenoxy) is 3. The molecule has 0 aliphatic carbocycles. The van der Waals surface area contributed by atoms with E-state index in [0.717, 1.165) is 30.9 Å². The molecule has 1 aromatic rings. The fourth-order valence-corrected chi connectivity index (χ4v) is 3.26. The van der Waals surface area contributed by atoms with E-state index in [9.17, 15) is 9.59 Å². The molecule has 9 heteroatoms. The molecule has 162 valence electrons. The van der Waals surface area contributed by atoms with Crippen LogP contribution in [0.4, 0.5) is 0 Å². The molecule has 8 nitrogen and oxygen atoms in total. The highest BCUT2D eigenvalue weighted by molar-refractivity contribution is 14.0. The number of piperidine rings is 1. The largest absolute Gasteiger partial charge is 0.496 e. The van der Waals surface area contributed by atoms with Gasteiger partial charge in [0.05, 0.1) is 26.7 Å². The Morgan fingerprint density at radius 1 is 1.31 bits per heavy atom. The molecule has 0 spiro atoms. The van der Waals surface area contributed by atoms with Crippen LogP contribution in [0.2, 0.25) is 0 Å². The van der Waals surface area contributed by atoms with E-state index < -0.39 is 5.97 Å². The number of benzene rings is 1. The fraction of sp³-hybridized carbons (Fsp3) is 0.550. The molecule has 1 saturated heterocycles. The minimum absolute atomic E-state index is 0. The monoisotopic (exact) mass is 519 g/mol. The second-order valence-electron chi connectivity index (χ2n) is 6.46. The first-order valence-corrected chi connectivity index (χ1v) is 9.41. The molecule has 0 aromatic heterocycles. The highest BCUT2D eigenvalue weighted by Gasteiger charge is 2.28. The number of rotatable bonds is 6. The van der Waals surface area contributed by atoms with E-state index in [2.05, 4.69) is 15.2 Å². The Labute approximate surface area is 189 Å². The second kappa shape index (κ2) is 12.5. The molecular weight excluding hydrogens is 489 g/mol. The number of nitrogens with zero attached hydrogens (tertiary/aromatic N) is 2. The molecule has 2 rings (SSSR count). The topological polar surface area (TPSA) is 89.5 Å². The van der Waals surface area contributed by atoms with Gasteiger partial charge in [-0.05, 0) is 37.5 Å². The van der Waals surface area contributed by atoms with Crippen LogP contribution < -0.4 is 10.1 Å². The summed E-state index contributed by atoms with van der Waals surface area (Å²) in [7, 11) is 4.57. The number of aliphatic imine (C=N–C) groups is 1. The first kappa shape index (κ1) is 25.0. The Bertz CT molecular complexity index is 726. The third-order valence-electron chi connectivity index (χ3n) is 4.67. The first-order valence-electron chi connectivity index (χ1n) is 9.41. The Hall–Kier alpha value is -2.04. The number of hydrogen-bond acceptors (Lipinski definition) is 6. The van der Waals surface area contributed by atoms with Gasteiger partial charge in [0.1, 0.15) is 11.3 Å². The normalized spacial score (nSPS) is 16.5. The van der Waals surface area contributed by atoms with Gasteiger partial charge in [-0.2, -0.15) is 0 Å². The van der Waals surface area contributed by atoms with Crippen molar-refractivity contribution in [2.45, 2.75) is 26.3 Å². The van der Waals surface area contributed by atoms with Crippen molar-refractivity contribution in [3.8, 4) is 5.75 Å². The summed E-state index contributed by atoms with van der Waals surface area (Å²) in [5.41, 5.74) is 1.32. The summed E-state index contributed by atoms with van der Waals surface area (Å²) in [5.74, 6) is 0.467. The number of esters is 2. The lowest BCUT2D eigenvalue weighted by molar-refractivity contribution is -0.149. The fourth-order valence-electron chi connectivity index (χ4n) is 3.26. The number of guanidine groups is 1. The van der Waals surface area contributed by atoms with Crippen LogP contribution in [0.5, 0.6) is 5.75 Å². The van der Waals surface area contributed by atoms with Crippen LogP contribution in [0.1, 0.15) is 35.7 Å². The molecule has 0 bridgehead atoms. The molecule has 1 aromatic carbocycles. The zero-order valence-electron chi connectivity index (χ0n) is 17.4. The maximum Gasteiger partial charge on any atom is 0.341 e. The lowest BCUT2D eigenvalue weighted by Gasteiger charge is -2.34. The number of carbonyl (C=O) groups excluding carboxylic acids is 2. The molecule has 1 aliphatic rings. The highest BCUT2D eigenvalue weighted by atomic mass is 127. The lowest BCUT2D eigenvalue weighted by Crippen LogP contribution is -2.48. The van der Waals surface area contributed by atoms with Crippen LogP contribution >= 0.6 is 24.0 Å². The summed E-state index contributed by atoms with van der Waals surface area (Å²) in [6.07, 6.45) is 1.74. The summed E-state index contributed by atoms with van der Waals surface area (Å²) in [6.45, 7) is 4.14. The molecule has 1 N–H and O–H groups in total. The van der Waals surface area contributed by atoms with E-state index in [0.29, 0.717) is 31.0 Å². The van der Waals surface area contributed by atoms with Gasteiger partial charge < -0.3 is 24.4 Å². The Morgan fingerprint density at radius 2 is 2.07 bits per heavy atom. The van der Waals surface area contributed by atoms with Gasteiger partial charge in [-0.25, -0.2) is 4.79 Å². The van der Waals surface area contributed by atoms with Gasteiger partial charge in [-0.15, -0.1) is 24.0 Å². The average molecular weight is 519 g/mol.